The summed E-state index contributed by atoms with van der Waals surface area (Å²) in [6.07, 6.45) is 7.65. The van der Waals surface area contributed by atoms with Crippen LogP contribution in [-0.4, -0.2) is 19.5 Å². The first kappa shape index (κ1) is 16.8. The van der Waals surface area contributed by atoms with Gasteiger partial charge in [-0.25, -0.2) is 9.13 Å². The topological polar surface area (TPSA) is 68.1 Å². The van der Waals surface area contributed by atoms with Gasteiger partial charge in [0, 0.05) is 38.5 Å². The van der Waals surface area contributed by atoms with Gasteiger partial charge in [0.05, 0.1) is 26.5 Å². The molecule has 0 fully saturated rings. The van der Waals surface area contributed by atoms with Gasteiger partial charge in [0.2, 0.25) is 5.62 Å². The second kappa shape index (κ2) is 6.98. The van der Waals surface area contributed by atoms with Crippen LogP contribution >= 0.6 is 0 Å². The molecule has 114 valence electrons. The van der Waals surface area contributed by atoms with Gasteiger partial charge in [-0.2, -0.15) is 0 Å². The third-order valence-electron chi connectivity index (χ3n) is 2.86. The first-order valence-electron chi connectivity index (χ1n) is 6.18. The highest BCUT2D eigenvalue weighted by molar-refractivity contribution is 5.79. The molecule has 2 rings (SSSR count). The fraction of sp³-hybridized carbons (Fsp3) is 0.417. The van der Waals surface area contributed by atoms with Crippen LogP contribution in [-0.2, 0) is 28.2 Å². The molecule has 8 nitrogen and oxygen atoms in total. The predicted molar refractivity (Wildman–Crippen MR) is 74.2 cm³/mol. The maximum atomic E-state index is 4.16. The van der Waals surface area contributed by atoms with E-state index < -0.39 is 0 Å². The van der Waals surface area contributed by atoms with Crippen LogP contribution in [0.2, 0.25) is 0 Å². The summed E-state index contributed by atoms with van der Waals surface area (Å²) in [4.78, 5) is 0. The second-order valence-corrected chi connectivity index (χ2v) is 4.59. The summed E-state index contributed by atoms with van der Waals surface area (Å²) in [5.74, 6) is 1.23. The zero-order valence-corrected chi connectivity index (χ0v) is 13.5. The highest BCUT2D eigenvalue weighted by Crippen LogP contribution is 2.03. The Balaban J connectivity index is 0.00000220. The molecule has 0 N–H and O–H groups in total. The van der Waals surface area contributed by atoms with Crippen LogP contribution in [0.1, 0.15) is 6.92 Å². The summed E-state index contributed by atoms with van der Waals surface area (Å²) in [6, 6.07) is 0. The van der Waals surface area contributed by atoms with E-state index in [9.17, 15) is 0 Å². The van der Waals surface area contributed by atoms with Crippen molar-refractivity contribution >= 4 is 11.8 Å². The standard InChI is InChI=1S/C12H19N8.ClH/c1-10(13-15-11-17(2)6-7-18(11)3)14-16-12-19(4)8-9-20(12)5;/h6-9H,1-5H3;1H/q+1;/p-1. The summed E-state index contributed by atoms with van der Waals surface area (Å²) in [5.41, 5.74) is 0.740. The third-order valence-corrected chi connectivity index (χ3v) is 2.86. The predicted octanol–water partition coefficient (Wildman–Crippen LogP) is -2.45. The van der Waals surface area contributed by atoms with Crippen molar-refractivity contribution < 1.29 is 17.0 Å². The number of imidazole rings is 2. The summed E-state index contributed by atoms with van der Waals surface area (Å²) in [7, 11) is 7.65. The zero-order valence-electron chi connectivity index (χ0n) is 12.8. The maximum Gasteiger partial charge on any atom is 0.421 e. The zero-order chi connectivity index (χ0) is 14.7. The van der Waals surface area contributed by atoms with E-state index in [0.717, 1.165) is 11.6 Å². The third kappa shape index (κ3) is 3.88. The second-order valence-electron chi connectivity index (χ2n) is 4.59. The fourth-order valence-electron chi connectivity index (χ4n) is 1.70. The molecule has 0 bridgehead atoms. The summed E-state index contributed by atoms with van der Waals surface area (Å²) >= 11 is 0. The SMILES string of the molecule is CC(=N/N=c1n(C)ccn1C)/N=N/c1n(C)cc[n+]1C.[Cl-]. The van der Waals surface area contributed by atoms with Crippen LogP contribution in [0.4, 0.5) is 5.95 Å². The van der Waals surface area contributed by atoms with Gasteiger partial charge in [-0.3, -0.25) is 0 Å². The highest BCUT2D eigenvalue weighted by Gasteiger charge is 2.10. The Hall–Kier alpha value is -2.22. The lowest BCUT2D eigenvalue weighted by Gasteiger charge is -1.91. The van der Waals surface area contributed by atoms with Gasteiger partial charge in [0.15, 0.2) is 5.84 Å². The molecule has 0 saturated heterocycles. The van der Waals surface area contributed by atoms with Crippen molar-refractivity contribution in [1.29, 1.82) is 0 Å². The molecule has 0 aliphatic heterocycles. The Bertz CT molecular complexity index is 689. The van der Waals surface area contributed by atoms with Crippen molar-refractivity contribution in [3.63, 3.8) is 0 Å². The molecule has 2 aromatic heterocycles. The summed E-state index contributed by atoms with van der Waals surface area (Å²) in [6.45, 7) is 1.76. The number of hydrogen-bond acceptors (Lipinski definition) is 3. The Morgan fingerprint density at radius 1 is 1.05 bits per heavy atom. The van der Waals surface area contributed by atoms with Crippen molar-refractivity contribution in [2.24, 2.45) is 48.6 Å². The molecule has 0 aliphatic rings. The molecule has 21 heavy (non-hydrogen) atoms. The smallest absolute Gasteiger partial charge is 0.421 e. The number of amidine groups is 1. The van der Waals surface area contributed by atoms with Gasteiger partial charge in [-0.1, -0.05) is 5.11 Å². The highest BCUT2D eigenvalue weighted by atomic mass is 35.5. The number of halogens is 1. The molecule has 2 aromatic rings. The molecule has 0 radical (unpaired) electrons. The molecule has 2 heterocycles. The Kier molecular flexibility index (Phi) is 5.60. The molecule has 0 spiro atoms. The fourth-order valence-corrected chi connectivity index (χ4v) is 1.70. The van der Waals surface area contributed by atoms with Crippen molar-refractivity contribution in [3.05, 3.63) is 30.4 Å². The Morgan fingerprint density at radius 3 is 2.19 bits per heavy atom. The van der Waals surface area contributed by atoms with Gasteiger partial charge >= 0.3 is 5.95 Å². The number of azo groups is 1. The molecule has 0 amide bonds. The van der Waals surface area contributed by atoms with Crippen LogP contribution in [0.15, 0.2) is 45.2 Å². The van der Waals surface area contributed by atoms with Crippen molar-refractivity contribution in [3.8, 4) is 0 Å². The molecular weight excluding hydrogens is 292 g/mol. The van der Waals surface area contributed by atoms with Gasteiger partial charge in [0.25, 0.3) is 0 Å². The van der Waals surface area contributed by atoms with Crippen LogP contribution in [0, 0.1) is 0 Å². The molecule has 0 atom stereocenters. The van der Waals surface area contributed by atoms with Crippen LogP contribution in [0.5, 0.6) is 0 Å². The van der Waals surface area contributed by atoms with E-state index in [1.807, 2.05) is 71.2 Å². The van der Waals surface area contributed by atoms with Gasteiger partial charge < -0.3 is 21.5 Å². The monoisotopic (exact) mass is 310 g/mol. The summed E-state index contributed by atoms with van der Waals surface area (Å²) < 4.78 is 7.52. The van der Waals surface area contributed by atoms with E-state index in [0.29, 0.717) is 5.84 Å². The number of aryl methyl sites for hydroxylation is 4. The molecule has 0 unspecified atom stereocenters. The lowest BCUT2D eigenvalue weighted by molar-refractivity contribution is -0.657. The lowest BCUT2D eigenvalue weighted by atomic mass is 10.7. The average Bonchev–Trinajstić information content (AvgIpc) is 2.89. The van der Waals surface area contributed by atoms with Gasteiger partial charge in [-0.05, 0) is 0 Å². The van der Waals surface area contributed by atoms with Gasteiger partial charge in [0.1, 0.15) is 0 Å². The first-order valence-corrected chi connectivity index (χ1v) is 6.18. The van der Waals surface area contributed by atoms with Gasteiger partial charge in [-0.15, -0.1) is 10.2 Å². The lowest BCUT2D eigenvalue weighted by Crippen LogP contribution is -3.00. The Morgan fingerprint density at radius 2 is 1.67 bits per heavy atom. The maximum absolute atomic E-state index is 4.16. The van der Waals surface area contributed by atoms with E-state index >= 15 is 0 Å². The minimum atomic E-state index is 0. The molecule has 0 aliphatic carbocycles. The quantitative estimate of drug-likeness (QED) is 0.194. The molecule has 0 aromatic carbocycles. The summed E-state index contributed by atoms with van der Waals surface area (Å²) in [5, 5.41) is 16.4. The van der Waals surface area contributed by atoms with Crippen LogP contribution in [0.3, 0.4) is 0 Å². The minimum absolute atomic E-state index is 0. The van der Waals surface area contributed by atoms with E-state index in [1.165, 1.54) is 0 Å². The average molecular weight is 311 g/mol. The molecule has 9 heteroatoms. The number of aromatic nitrogens is 4. The van der Waals surface area contributed by atoms with Crippen molar-refractivity contribution in [1.82, 2.24) is 13.7 Å². The molecular formula is C12H19ClN8. The van der Waals surface area contributed by atoms with E-state index in [-0.39, 0.29) is 12.4 Å². The number of hydrogen-bond donors (Lipinski definition) is 0. The number of rotatable bonds is 2. The largest absolute Gasteiger partial charge is 1.00 e. The van der Waals surface area contributed by atoms with Crippen molar-refractivity contribution in [2.45, 2.75) is 6.92 Å². The minimum Gasteiger partial charge on any atom is -1.00 e. The van der Waals surface area contributed by atoms with Crippen LogP contribution in [0.25, 0.3) is 0 Å². The normalized spacial score (nSPS) is 11.8. The Labute approximate surface area is 129 Å². The van der Waals surface area contributed by atoms with Crippen LogP contribution < -0.4 is 22.6 Å². The molecule has 0 saturated carbocycles. The van der Waals surface area contributed by atoms with E-state index in [1.54, 1.807) is 6.92 Å². The number of nitrogens with zero attached hydrogens (tertiary/aromatic N) is 8. The van der Waals surface area contributed by atoms with E-state index in [2.05, 4.69) is 20.4 Å². The van der Waals surface area contributed by atoms with Crippen molar-refractivity contribution in [2.75, 3.05) is 0 Å². The first-order chi connectivity index (χ1) is 9.49. The van der Waals surface area contributed by atoms with E-state index in [4.69, 9.17) is 0 Å².